The second-order valence-electron chi connectivity index (χ2n) is 9.07. The third-order valence-corrected chi connectivity index (χ3v) is 5.02. The molecule has 3 atom stereocenters. The van der Waals surface area contributed by atoms with Crippen molar-refractivity contribution in [3.63, 3.8) is 0 Å². The summed E-state index contributed by atoms with van der Waals surface area (Å²) >= 11 is 1.47. The third kappa shape index (κ3) is 4.21. The molecule has 2 fully saturated rings. The number of carbonyl (C=O) groups is 2. The van der Waals surface area contributed by atoms with Crippen LogP contribution < -0.4 is 0 Å². The van der Waals surface area contributed by atoms with Crippen molar-refractivity contribution in [3.05, 3.63) is 0 Å². The van der Waals surface area contributed by atoms with E-state index in [2.05, 4.69) is 20.8 Å². The zero-order valence-electron chi connectivity index (χ0n) is 15.3. The zero-order chi connectivity index (χ0) is 17.7. The van der Waals surface area contributed by atoms with E-state index >= 15 is 0 Å². The molecule has 2 rings (SSSR count). The maximum atomic E-state index is 12.5. The maximum Gasteiger partial charge on any atom is 0.411 e. The summed E-state index contributed by atoms with van der Waals surface area (Å²) in [5.74, 6) is 0. The molecule has 1 amide bonds. The molecule has 1 aliphatic heterocycles. The zero-order valence-corrected chi connectivity index (χ0v) is 16.1. The van der Waals surface area contributed by atoms with Crippen molar-refractivity contribution >= 4 is 24.4 Å². The molecule has 2 aliphatic rings. The fourth-order valence-electron chi connectivity index (χ4n) is 3.06. The minimum Gasteiger partial charge on any atom is -0.444 e. The SMILES string of the molecule is CC(C)(C)OC(=O)N1CC2(CC2OSC(C)(C)C)CC1(C)C=O. The summed E-state index contributed by atoms with van der Waals surface area (Å²) in [7, 11) is 0. The number of carbonyl (C=O) groups excluding carboxylic acids is 2. The summed E-state index contributed by atoms with van der Waals surface area (Å²) in [4.78, 5) is 25.7. The van der Waals surface area contributed by atoms with E-state index in [0.29, 0.717) is 13.0 Å². The molecule has 0 bridgehead atoms. The fourth-order valence-corrected chi connectivity index (χ4v) is 3.73. The van der Waals surface area contributed by atoms with Crippen LogP contribution in [0.3, 0.4) is 0 Å². The van der Waals surface area contributed by atoms with Gasteiger partial charge < -0.3 is 13.7 Å². The second kappa shape index (κ2) is 5.66. The van der Waals surface area contributed by atoms with Crippen molar-refractivity contribution in [2.24, 2.45) is 5.41 Å². The molecule has 1 saturated heterocycles. The molecule has 1 heterocycles. The van der Waals surface area contributed by atoms with Gasteiger partial charge in [-0.2, -0.15) is 0 Å². The lowest BCUT2D eigenvalue weighted by molar-refractivity contribution is -0.116. The Balaban J connectivity index is 2.06. The Bertz CT molecular complexity index is 496. The molecule has 1 spiro atoms. The highest BCUT2D eigenvalue weighted by molar-refractivity contribution is 7.96. The number of ether oxygens (including phenoxy) is 1. The number of amides is 1. The summed E-state index contributed by atoms with van der Waals surface area (Å²) in [5, 5.41) is 0. The molecule has 5 nitrogen and oxygen atoms in total. The van der Waals surface area contributed by atoms with Crippen molar-refractivity contribution in [3.8, 4) is 0 Å². The fraction of sp³-hybridized carbons (Fsp3) is 0.882. The summed E-state index contributed by atoms with van der Waals surface area (Å²) in [6, 6.07) is 0. The largest absolute Gasteiger partial charge is 0.444 e. The van der Waals surface area contributed by atoms with Crippen LogP contribution in [0.1, 0.15) is 61.3 Å². The normalized spacial score (nSPS) is 33.9. The van der Waals surface area contributed by atoms with Gasteiger partial charge in [0.2, 0.25) is 0 Å². The smallest absolute Gasteiger partial charge is 0.411 e. The quantitative estimate of drug-likeness (QED) is 0.576. The predicted octanol–water partition coefficient (Wildman–Crippen LogP) is 3.81. The molecule has 1 saturated carbocycles. The Kier molecular flexibility index (Phi) is 4.57. The van der Waals surface area contributed by atoms with Crippen LogP contribution in [0.15, 0.2) is 0 Å². The highest BCUT2D eigenvalue weighted by Gasteiger charge is 2.66. The van der Waals surface area contributed by atoms with Crippen LogP contribution in [-0.2, 0) is 13.7 Å². The Morgan fingerprint density at radius 3 is 2.35 bits per heavy atom. The van der Waals surface area contributed by atoms with E-state index in [9.17, 15) is 9.59 Å². The molecule has 1 aliphatic carbocycles. The molecule has 0 N–H and O–H groups in total. The van der Waals surface area contributed by atoms with Gasteiger partial charge in [-0.25, -0.2) is 4.79 Å². The van der Waals surface area contributed by atoms with E-state index in [1.165, 1.54) is 12.0 Å². The Hall–Kier alpha value is -0.750. The average molecular weight is 343 g/mol. The number of nitrogens with zero attached hydrogens (tertiary/aromatic N) is 1. The van der Waals surface area contributed by atoms with Gasteiger partial charge >= 0.3 is 6.09 Å². The highest BCUT2D eigenvalue weighted by atomic mass is 32.2. The Morgan fingerprint density at radius 1 is 1.26 bits per heavy atom. The first-order valence-electron chi connectivity index (χ1n) is 8.12. The van der Waals surface area contributed by atoms with Gasteiger partial charge in [-0.1, -0.05) is 0 Å². The summed E-state index contributed by atoms with van der Waals surface area (Å²) in [6.45, 7) is 14.1. The van der Waals surface area contributed by atoms with E-state index in [-0.39, 0.29) is 16.3 Å². The standard InChI is InChI=1S/C17H29NO4S/c1-14(2,3)21-13(20)18-10-17(9-16(18,7)11-19)8-12(17)22-23-15(4,5)6/h11-12H,8-10H2,1-7H3. The molecule has 6 heteroatoms. The molecule has 0 aromatic rings. The Labute approximate surface area is 143 Å². The van der Waals surface area contributed by atoms with Crippen molar-refractivity contribution in [1.82, 2.24) is 4.90 Å². The molecule has 0 aromatic heterocycles. The third-order valence-electron chi connectivity index (χ3n) is 4.20. The first kappa shape index (κ1) is 18.6. The molecule has 0 radical (unpaired) electrons. The molecule has 132 valence electrons. The monoisotopic (exact) mass is 343 g/mol. The van der Waals surface area contributed by atoms with Crippen molar-refractivity contribution in [2.75, 3.05) is 6.54 Å². The van der Waals surface area contributed by atoms with Gasteiger partial charge in [0.05, 0.1) is 11.6 Å². The topological polar surface area (TPSA) is 55.8 Å². The molecule has 3 unspecified atom stereocenters. The van der Waals surface area contributed by atoms with Crippen LogP contribution in [0.4, 0.5) is 4.79 Å². The van der Waals surface area contributed by atoms with Crippen LogP contribution in [0.25, 0.3) is 0 Å². The number of hydrogen-bond acceptors (Lipinski definition) is 5. The van der Waals surface area contributed by atoms with Crippen LogP contribution >= 0.6 is 12.0 Å². The van der Waals surface area contributed by atoms with Crippen molar-refractivity contribution in [1.29, 1.82) is 0 Å². The van der Waals surface area contributed by atoms with Gasteiger partial charge in [0.25, 0.3) is 0 Å². The lowest BCUT2D eigenvalue weighted by Crippen LogP contribution is -2.48. The molecular weight excluding hydrogens is 314 g/mol. The second-order valence-corrected chi connectivity index (χ2v) is 10.6. The lowest BCUT2D eigenvalue weighted by atomic mass is 9.94. The van der Waals surface area contributed by atoms with E-state index in [0.717, 1.165) is 12.7 Å². The maximum absolute atomic E-state index is 12.5. The van der Waals surface area contributed by atoms with Crippen LogP contribution in [0.2, 0.25) is 0 Å². The minimum absolute atomic E-state index is 0.0290. The van der Waals surface area contributed by atoms with Gasteiger partial charge in [-0.05, 0) is 73.4 Å². The van der Waals surface area contributed by atoms with Gasteiger partial charge in [0.1, 0.15) is 11.9 Å². The number of hydrogen-bond donors (Lipinski definition) is 0. The summed E-state index contributed by atoms with van der Waals surface area (Å²) in [6.07, 6.45) is 2.08. The summed E-state index contributed by atoms with van der Waals surface area (Å²) < 4.78 is 11.4. The van der Waals surface area contributed by atoms with Gasteiger partial charge in [0, 0.05) is 16.7 Å². The van der Waals surface area contributed by atoms with Crippen LogP contribution in [0.5, 0.6) is 0 Å². The summed E-state index contributed by atoms with van der Waals surface area (Å²) in [5.41, 5.74) is -1.49. The molecule has 23 heavy (non-hydrogen) atoms. The van der Waals surface area contributed by atoms with E-state index < -0.39 is 17.2 Å². The van der Waals surface area contributed by atoms with E-state index in [4.69, 9.17) is 8.92 Å². The van der Waals surface area contributed by atoms with Crippen molar-refractivity contribution in [2.45, 2.75) is 83.3 Å². The van der Waals surface area contributed by atoms with E-state index in [1.807, 2.05) is 27.7 Å². The average Bonchev–Trinajstić information content (AvgIpc) is 2.92. The van der Waals surface area contributed by atoms with E-state index in [1.54, 1.807) is 4.90 Å². The molecule has 0 aromatic carbocycles. The van der Waals surface area contributed by atoms with Gasteiger partial charge in [-0.3, -0.25) is 4.90 Å². The van der Waals surface area contributed by atoms with Gasteiger partial charge in [-0.15, -0.1) is 0 Å². The highest BCUT2D eigenvalue weighted by Crippen LogP contribution is 2.60. The van der Waals surface area contributed by atoms with Crippen LogP contribution in [0, 0.1) is 5.41 Å². The van der Waals surface area contributed by atoms with Crippen LogP contribution in [-0.4, -0.2) is 45.8 Å². The number of rotatable bonds is 3. The predicted molar refractivity (Wildman–Crippen MR) is 91.3 cm³/mol. The van der Waals surface area contributed by atoms with Gasteiger partial charge in [0.15, 0.2) is 0 Å². The first-order chi connectivity index (χ1) is 10.3. The Morgan fingerprint density at radius 2 is 1.87 bits per heavy atom. The number of likely N-dealkylation sites (tertiary alicyclic amines) is 1. The number of aldehydes is 1. The van der Waals surface area contributed by atoms with Crippen molar-refractivity contribution < 1.29 is 18.5 Å². The first-order valence-corrected chi connectivity index (χ1v) is 8.86. The minimum atomic E-state index is -0.813. The lowest BCUT2D eigenvalue weighted by Gasteiger charge is -2.32. The molecular formula is C17H29NO4S.